The molecule has 2 aromatic carbocycles. The highest BCUT2D eigenvalue weighted by atomic mass is 32.1. The summed E-state index contributed by atoms with van der Waals surface area (Å²) < 4.78 is 0.832. The first-order valence-electron chi connectivity index (χ1n) is 6.21. The summed E-state index contributed by atoms with van der Waals surface area (Å²) in [6.45, 7) is 0. The second-order valence-electron chi connectivity index (χ2n) is 4.77. The van der Waals surface area contributed by atoms with E-state index in [9.17, 15) is 0 Å². The topological polar surface area (TPSA) is 15.8 Å². The molecular weight excluding hydrogens is 270 g/mol. The van der Waals surface area contributed by atoms with Gasteiger partial charge in [-0.3, -0.25) is 0 Å². The Labute approximate surface area is 120 Å². The molecule has 1 aliphatic rings. The zero-order chi connectivity index (χ0) is 12.8. The Kier molecular flexibility index (Phi) is 2.43. The lowest BCUT2D eigenvalue weighted by molar-refractivity contribution is 1.26. The summed E-state index contributed by atoms with van der Waals surface area (Å²) >= 11 is 6.73. The lowest BCUT2D eigenvalue weighted by atomic mass is 10.0. The van der Waals surface area contributed by atoms with Gasteiger partial charge in [0, 0.05) is 5.38 Å². The van der Waals surface area contributed by atoms with Crippen molar-refractivity contribution in [3.8, 4) is 22.4 Å². The first kappa shape index (κ1) is 11.1. The third kappa shape index (κ3) is 1.78. The van der Waals surface area contributed by atoms with E-state index in [-0.39, 0.29) is 0 Å². The molecule has 3 heteroatoms. The number of nitrogens with one attached hydrogen (secondary N) is 1. The molecule has 0 unspecified atom stereocenters. The summed E-state index contributed by atoms with van der Waals surface area (Å²) in [6.07, 6.45) is 1.03. The van der Waals surface area contributed by atoms with Crippen LogP contribution in [0, 0.1) is 3.95 Å². The fourth-order valence-electron chi connectivity index (χ4n) is 2.73. The number of thiazole rings is 1. The standard InChI is InChI=1S/C16H11NS2/c18-16-17-15(9-19-16)11-5-6-14-12(8-11)7-10-3-1-2-4-13(10)14/h1-6,8-9H,7H2,(H,17,18). The van der Waals surface area contributed by atoms with Gasteiger partial charge in [-0.05, 0) is 52.5 Å². The number of fused-ring (bicyclic) bond motifs is 3. The normalized spacial score (nSPS) is 12.2. The molecule has 0 saturated carbocycles. The van der Waals surface area contributed by atoms with E-state index in [1.165, 1.54) is 27.8 Å². The summed E-state index contributed by atoms with van der Waals surface area (Å²) in [5, 5.41) is 2.09. The molecule has 3 aromatic rings. The molecule has 19 heavy (non-hydrogen) atoms. The second-order valence-corrected chi connectivity index (χ2v) is 6.31. The van der Waals surface area contributed by atoms with E-state index >= 15 is 0 Å². The van der Waals surface area contributed by atoms with Gasteiger partial charge < -0.3 is 4.98 Å². The zero-order valence-electron chi connectivity index (χ0n) is 10.1. The van der Waals surface area contributed by atoms with Gasteiger partial charge in [-0.1, -0.05) is 36.4 Å². The molecule has 92 valence electrons. The van der Waals surface area contributed by atoms with Crippen LogP contribution in [0.4, 0.5) is 0 Å². The third-order valence-electron chi connectivity index (χ3n) is 3.63. The van der Waals surface area contributed by atoms with Crippen molar-refractivity contribution in [3.63, 3.8) is 0 Å². The van der Waals surface area contributed by atoms with Gasteiger partial charge in [-0.15, -0.1) is 11.3 Å². The van der Waals surface area contributed by atoms with Crippen molar-refractivity contribution >= 4 is 23.6 Å². The van der Waals surface area contributed by atoms with Crippen molar-refractivity contribution in [2.45, 2.75) is 6.42 Å². The van der Waals surface area contributed by atoms with Gasteiger partial charge >= 0.3 is 0 Å². The number of aromatic nitrogens is 1. The Balaban J connectivity index is 1.86. The second kappa shape index (κ2) is 4.15. The lowest BCUT2D eigenvalue weighted by Crippen LogP contribution is -1.83. The van der Waals surface area contributed by atoms with Gasteiger partial charge in [0.25, 0.3) is 0 Å². The summed E-state index contributed by atoms with van der Waals surface area (Å²) in [7, 11) is 0. The first-order valence-corrected chi connectivity index (χ1v) is 7.49. The van der Waals surface area contributed by atoms with E-state index in [1.54, 1.807) is 11.3 Å². The molecule has 0 amide bonds. The lowest BCUT2D eigenvalue weighted by Gasteiger charge is -2.03. The van der Waals surface area contributed by atoms with Crippen molar-refractivity contribution in [3.05, 3.63) is 62.9 Å². The highest BCUT2D eigenvalue weighted by Gasteiger charge is 2.18. The van der Waals surface area contributed by atoms with E-state index < -0.39 is 0 Å². The molecular formula is C16H11NS2. The van der Waals surface area contributed by atoms with Crippen LogP contribution in [-0.4, -0.2) is 4.98 Å². The predicted octanol–water partition coefficient (Wildman–Crippen LogP) is 5.04. The minimum absolute atomic E-state index is 0.832. The molecule has 4 rings (SSSR count). The first-order chi connectivity index (χ1) is 9.31. The summed E-state index contributed by atoms with van der Waals surface area (Å²) in [5.41, 5.74) is 7.92. The number of benzene rings is 2. The molecule has 1 nitrogen and oxygen atoms in total. The van der Waals surface area contributed by atoms with Gasteiger partial charge in [0.05, 0.1) is 5.69 Å². The Morgan fingerprint density at radius 2 is 1.84 bits per heavy atom. The van der Waals surface area contributed by atoms with Crippen LogP contribution in [0.25, 0.3) is 22.4 Å². The third-order valence-corrected chi connectivity index (χ3v) is 4.69. The summed E-state index contributed by atoms with van der Waals surface area (Å²) in [5.74, 6) is 0. The number of hydrogen-bond acceptors (Lipinski definition) is 2. The molecule has 0 spiro atoms. The molecule has 0 saturated heterocycles. The van der Waals surface area contributed by atoms with Crippen LogP contribution in [-0.2, 0) is 6.42 Å². The van der Waals surface area contributed by atoms with Crippen LogP contribution in [0.2, 0.25) is 0 Å². The van der Waals surface area contributed by atoms with E-state index in [1.807, 2.05) is 0 Å². The minimum atomic E-state index is 0.832. The number of aromatic amines is 1. The fourth-order valence-corrected chi connectivity index (χ4v) is 3.58. The maximum Gasteiger partial charge on any atom is 0.158 e. The summed E-state index contributed by atoms with van der Waals surface area (Å²) in [4.78, 5) is 3.24. The van der Waals surface area contributed by atoms with E-state index in [2.05, 4.69) is 52.8 Å². The van der Waals surface area contributed by atoms with Crippen LogP contribution in [0.3, 0.4) is 0 Å². The minimum Gasteiger partial charge on any atom is -0.337 e. The molecule has 1 N–H and O–H groups in total. The zero-order valence-corrected chi connectivity index (χ0v) is 11.8. The quantitative estimate of drug-likeness (QED) is 0.483. The van der Waals surface area contributed by atoms with Crippen LogP contribution in [0.5, 0.6) is 0 Å². The highest BCUT2D eigenvalue weighted by Crippen LogP contribution is 2.38. The maximum absolute atomic E-state index is 5.15. The van der Waals surface area contributed by atoms with Crippen molar-refractivity contribution in [1.82, 2.24) is 4.98 Å². The van der Waals surface area contributed by atoms with E-state index in [0.29, 0.717) is 0 Å². The van der Waals surface area contributed by atoms with Gasteiger partial charge in [-0.2, -0.15) is 0 Å². The van der Waals surface area contributed by atoms with Crippen molar-refractivity contribution in [1.29, 1.82) is 0 Å². The van der Waals surface area contributed by atoms with Crippen molar-refractivity contribution in [2.75, 3.05) is 0 Å². The number of H-pyrrole nitrogens is 1. The summed E-state index contributed by atoms with van der Waals surface area (Å²) in [6, 6.07) is 15.3. The molecule has 1 heterocycles. The molecule has 0 atom stereocenters. The largest absolute Gasteiger partial charge is 0.337 e. The van der Waals surface area contributed by atoms with Crippen molar-refractivity contribution in [2.24, 2.45) is 0 Å². The Morgan fingerprint density at radius 3 is 2.68 bits per heavy atom. The Hall–Kier alpha value is -1.71. The predicted molar refractivity (Wildman–Crippen MR) is 83.2 cm³/mol. The van der Waals surface area contributed by atoms with Crippen molar-refractivity contribution < 1.29 is 0 Å². The maximum atomic E-state index is 5.15. The molecule has 1 aliphatic carbocycles. The monoisotopic (exact) mass is 281 g/mol. The highest BCUT2D eigenvalue weighted by molar-refractivity contribution is 7.73. The number of rotatable bonds is 1. The van der Waals surface area contributed by atoms with Gasteiger partial charge in [0.2, 0.25) is 0 Å². The molecule has 0 fully saturated rings. The smallest absolute Gasteiger partial charge is 0.158 e. The van der Waals surface area contributed by atoms with Crippen LogP contribution in [0.15, 0.2) is 47.8 Å². The molecule has 0 radical (unpaired) electrons. The molecule has 0 aliphatic heterocycles. The van der Waals surface area contributed by atoms with Gasteiger partial charge in [-0.25, -0.2) is 0 Å². The van der Waals surface area contributed by atoms with E-state index in [0.717, 1.165) is 16.1 Å². The Bertz CT molecular complexity index is 827. The SMILES string of the molecule is S=c1[nH]c(-c2ccc3c(c2)Cc2ccccc2-3)cs1. The Morgan fingerprint density at radius 1 is 1.00 bits per heavy atom. The number of hydrogen-bond donors (Lipinski definition) is 1. The van der Waals surface area contributed by atoms with E-state index in [4.69, 9.17) is 12.2 Å². The molecule has 0 bridgehead atoms. The molecule has 1 aromatic heterocycles. The van der Waals surface area contributed by atoms with Crippen LogP contribution < -0.4 is 0 Å². The average Bonchev–Trinajstić information content (AvgIpc) is 3.01. The van der Waals surface area contributed by atoms with Gasteiger partial charge in [0.1, 0.15) is 0 Å². The average molecular weight is 281 g/mol. The fraction of sp³-hybridized carbons (Fsp3) is 0.0625. The van der Waals surface area contributed by atoms with Crippen LogP contribution in [0.1, 0.15) is 11.1 Å². The van der Waals surface area contributed by atoms with Crippen LogP contribution >= 0.6 is 23.6 Å². The van der Waals surface area contributed by atoms with Gasteiger partial charge in [0.15, 0.2) is 3.95 Å².